The fraction of sp³-hybridized carbons (Fsp3) is 0.778. The Morgan fingerprint density at radius 1 is 1.25 bits per heavy atom. The molecule has 70 valence electrons. The first-order chi connectivity index (χ1) is 5.43. The summed E-state index contributed by atoms with van der Waals surface area (Å²) in [7, 11) is 0. The van der Waals surface area contributed by atoms with E-state index in [-0.39, 0.29) is 17.9 Å². The van der Waals surface area contributed by atoms with Crippen LogP contribution in [0.4, 0.5) is 0 Å². The molecule has 0 aliphatic rings. The van der Waals surface area contributed by atoms with Crippen molar-refractivity contribution in [2.45, 2.75) is 46.7 Å². The Hall–Kier alpha value is -0.860. The van der Waals surface area contributed by atoms with Gasteiger partial charge in [-0.25, -0.2) is 0 Å². The molecule has 0 aliphatic carbocycles. The summed E-state index contributed by atoms with van der Waals surface area (Å²) in [6, 6.07) is 0.418. The second kappa shape index (κ2) is 4.91. The Balaban J connectivity index is 4.34. The van der Waals surface area contributed by atoms with Crippen LogP contribution in [0.1, 0.15) is 34.6 Å². The maximum atomic E-state index is 11.0. The first-order valence-corrected chi connectivity index (χ1v) is 4.28. The molecule has 0 aromatic carbocycles. The van der Waals surface area contributed by atoms with E-state index in [4.69, 9.17) is 0 Å². The number of hydrogen-bond acceptors (Lipinski definition) is 2. The quantitative estimate of drug-likeness (QED) is 0.513. The van der Waals surface area contributed by atoms with Gasteiger partial charge in [0.05, 0.1) is 0 Å². The molecule has 0 amide bonds. The summed E-state index contributed by atoms with van der Waals surface area (Å²) < 4.78 is 0. The van der Waals surface area contributed by atoms with Crippen LogP contribution < -0.4 is 5.32 Å². The van der Waals surface area contributed by atoms with E-state index in [9.17, 15) is 4.79 Å². The molecule has 12 heavy (non-hydrogen) atoms. The highest BCUT2D eigenvalue weighted by Crippen LogP contribution is 1.89. The van der Waals surface area contributed by atoms with Crippen LogP contribution in [-0.4, -0.2) is 23.7 Å². The minimum Gasteiger partial charge on any atom is -0.365 e. The molecule has 0 fully saturated rings. The van der Waals surface area contributed by atoms with Gasteiger partial charge in [-0.1, -0.05) is 0 Å². The Kier molecular flexibility index (Phi) is 4.55. The molecule has 3 heteroatoms. The molecule has 0 aromatic rings. The van der Waals surface area contributed by atoms with Crippen LogP contribution in [0.15, 0.2) is 4.99 Å². The van der Waals surface area contributed by atoms with Crippen molar-refractivity contribution in [2.24, 2.45) is 4.99 Å². The highest BCUT2D eigenvalue weighted by Gasteiger charge is 2.06. The predicted octanol–water partition coefficient (Wildman–Crippen LogP) is 1.38. The van der Waals surface area contributed by atoms with Crippen LogP contribution in [0, 0.1) is 0 Å². The van der Waals surface area contributed by atoms with Gasteiger partial charge in [0.25, 0.3) is 0 Å². The summed E-state index contributed by atoms with van der Waals surface area (Å²) in [4.78, 5) is 15.2. The molecule has 0 unspecified atom stereocenters. The zero-order valence-corrected chi connectivity index (χ0v) is 8.51. The van der Waals surface area contributed by atoms with Gasteiger partial charge in [-0.2, -0.15) is 0 Å². The van der Waals surface area contributed by atoms with Gasteiger partial charge in [-0.15, -0.1) is 0 Å². The molecular weight excluding hydrogens is 152 g/mol. The van der Waals surface area contributed by atoms with Crippen LogP contribution in [0.25, 0.3) is 0 Å². The summed E-state index contributed by atoms with van der Waals surface area (Å²) >= 11 is 0. The van der Waals surface area contributed by atoms with Crippen LogP contribution in [0.2, 0.25) is 0 Å². The molecule has 0 saturated heterocycles. The standard InChI is InChI=1S/C9H18N2O/c1-6(2)10-9(8(5)12)11-7(3)4/h6-7H,1-5H3,(H,10,11). The number of rotatable bonds is 3. The number of aliphatic imine (C=N–C) groups is 1. The van der Waals surface area contributed by atoms with E-state index in [1.807, 2.05) is 27.7 Å². The molecule has 0 aromatic heterocycles. The van der Waals surface area contributed by atoms with Gasteiger partial charge < -0.3 is 5.32 Å². The van der Waals surface area contributed by atoms with Crippen molar-refractivity contribution in [2.75, 3.05) is 0 Å². The highest BCUT2D eigenvalue weighted by molar-refractivity contribution is 6.38. The fourth-order valence-electron chi connectivity index (χ4n) is 0.761. The van der Waals surface area contributed by atoms with E-state index in [1.165, 1.54) is 6.92 Å². The Morgan fingerprint density at radius 3 is 2.00 bits per heavy atom. The second-order valence-corrected chi connectivity index (χ2v) is 3.43. The smallest absolute Gasteiger partial charge is 0.194 e. The molecule has 0 heterocycles. The van der Waals surface area contributed by atoms with Crippen molar-refractivity contribution in [3.63, 3.8) is 0 Å². The number of nitrogens with one attached hydrogen (secondary N) is 1. The third-order valence-corrected chi connectivity index (χ3v) is 1.15. The normalized spacial score (nSPS) is 12.4. The van der Waals surface area contributed by atoms with Crippen molar-refractivity contribution in [1.82, 2.24) is 5.32 Å². The Morgan fingerprint density at radius 2 is 1.75 bits per heavy atom. The van der Waals surface area contributed by atoms with Gasteiger partial charge in [-0.3, -0.25) is 9.79 Å². The van der Waals surface area contributed by atoms with Gasteiger partial charge >= 0.3 is 0 Å². The lowest BCUT2D eigenvalue weighted by Gasteiger charge is -2.11. The summed E-state index contributed by atoms with van der Waals surface area (Å²) in [6.45, 7) is 9.39. The maximum Gasteiger partial charge on any atom is 0.194 e. The molecule has 1 N–H and O–H groups in total. The monoisotopic (exact) mass is 170 g/mol. The first-order valence-electron chi connectivity index (χ1n) is 4.28. The number of carbonyl (C=O) groups excluding carboxylic acids is 1. The largest absolute Gasteiger partial charge is 0.365 e. The fourth-order valence-corrected chi connectivity index (χ4v) is 0.761. The van der Waals surface area contributed by atoms with E-state index in [0.717, 1.165) is 0 Å². The van der Waals surface area contributed by atoms with E-state index in [2.05, 4.69) is 10.3 Å². The van der Waals surface area contributed by atoms with Crippen LogP contribution in [0.3, 0.4) is 0 Å². The van der Waals surface area contributed by atoms with Gasteiger partial charge in [0.15, 0.2) is 11.6 Å². The van der Waals surface area contributed by atoms with E-state index >= 15 is 0 Å². The number of amidine groups is 1. The molecule has 3 nitrogen and oxygen atoms in total. The number of nitrogens with zero attached hydrogens (tertiary/aromatic N) is 1. The highest BCUT2D eigenvalue weighted by atomic mass is 16.1. The lowest BCUT2D eigenvalue weighted by atomic mass is 10.3. The van der Waals surface area contributed by atoms with Crippen molar-refractivity contribution in [3.8, 4) is 0 Å². The number of carbonyl (C=O) groups is 1. The van der Waals surface area contributed by atoms with Crippen molar-refractivity contribution in [1.29, 1.82) is 0 Å². The Bertz CT molecular complexity index is 183. The lowest BCUT2D eigenvalue weighted by Crippen LogP contribution is -2.35. The number of ketones is 1. The maximum absolute atomic E-state index is 11.0. The van der Waals surface area contributed by atoms with E-state index < -0.39 is 0 Å². The zero-order valence-electron chi connectivity index (χ0n) is 8.51. The minimum atomic E-state index is -0.00241. The third kappa shape index (κ3) is 4.88. The molecule has 0 radical (unpaired) electrons. The van der Waals surface area contributed by atoms with Crippen molar-refractivity contribution in [3.05, 3.63) is 0 Å². The molecule has 0 rings (SSSR count). The SMILES string of the molecule is CC(=O)C(=NC(C)C)NC(C)C. The molecule has 0 bridgehead atoms. The molecular formula is C9H18N2O. The molecule has 0 spiro atoms. The predicted molar refractivity (Wildman–Crippen MR) is 51.5 cm³/mol. The van der Waals surface area contributed by atoms with Crippen molar-refractivity contribution >= 4 is 11.6 Å². The summed E-state index contributed by atoms with van der Waals surface area (Å²) in [5.74, 6) is 0.484. The topological polar surface area (TPSA) is 41.5 Å². The average molecular weight is 170 g/mol. The van der Waals surface area contributed by atoms with Crippen LogP contribution >= 0.6 is 0 Å². The lowest BCUT2D eigenvalue weighted by molar-refractivity contribution is -0.111. The van der Waals surface area contributed by atoms with E-state index in [1.54, 1.807) is 0 Å². The van der Waals surface area contributed by atoms with Gasteiger partial charge in [-0.05, 0) is 27.7 Å². The van der Waals surface area contributed by atoms with Crippen molar-refractivity contribution < 1.29 is 4.79 Å². The van der Waals surface area contributed by atoms with Crippen LogP contribution in [0.5, 0.6) is 0 Å². The Labute approximate surface area is 74.3 Å². The average Bonchev–Trinajstić information content (AvgIpc) is 1.83. The minimum absolute atomic E-state index is 0.00241. The summed E-state index contributed by atoms with van der Waals surface area (Å²) in [6.07, 6.45) is 0. The number of Topliss-reactive ketones (excluding diaryl/α,β-unsaturated/α-hetero) is 1. The second-order valence-electron chi connectivity index (χ2n) is 3.43. The number of hydrogen-bond donors (Lipinski definition) is 1. The zero-order chi connectivity index (χ0) is 9.72. The molecule has 0 aliphatic heterocycles. The third-order valence-electron chi connectivity index (χ3n) is 1.15. The first kappa shape index (κ1) is 11.1. The van der Waals surface area contributed by atoms with Gasteiger partial charge in [0, 0.05) is 19.0 Å². The van der Waals surface area contributed by atoms with Gasteiger partial charge in [0.1, 0.15) is 0 Å². The molecule has 0 atom stereocenters. The summed E-state index contributed by atoms with van der Waals surface area (Å²) in [5.41, 5.74) is 0. The van der Waals surface area contributed by atoms with E-state index in [0.29, 0.717) is 5.84 Å². The molecule has 0 saturated carbocycles. The summed E-state index contributed by atoms with van der Waals surface area (Å²) in [5, 5.41) is 3.01. The van der Waals surface area contributed by atoms with Crippen LogP contribution in [-0.2, 0) is 4.79 Å². The van der Waals surface area contributed by atoms with Gasteiger partial charge in [0.2, 0.25) is 0 Å².